The molecule has 1 aromatic carbocycles. The van der Waals surface area contributed by atoms with Crippen LogP contribution < -0.4 is 4.74 Å². The van der Waals surface area contributed by atoms with Crippen LogP contribution in [0, 0.1) is 24.2 Å². The van der Waals surface area contributed by atoms with Crippen LogP contribution in [0.25, 0.3) is 0 Å². The van der Waals surface area contributed by atoms with Gasteiger partial charge < -0.3 is 4.74 Å². The van der Waals surface area contributed by atoms with Crippen LogP contribution in [-0.4, -0.2) is 6.18 Å². The number of hydrogen-bond donors (Lipinski definition) is 0. The first-order valence-corrected chi connectivity index (χ1v) is 6.03. The van der Waals surface area contributed by atoms with Crippen molar-refractivity contribution in [2.75, 3.05) is 0 Å². The van der Waals surface area contributed by atoms with Gasteiger partial charge in [-0.3, -0.25) is 0 Å². The van der Waals surface area contributed by atoms with Gasteiger partial charge in [0.05, 0.1) is 17.6 Å². The minimum atomic E-state index is -4.52. The zero-order valence-electron chi connectivity index (χ0n) is 10.7. The molecule has 1 atom stereocenters. The number of nitriles is 1. The van der Waals surface area contributed by atoms with Crippen molar-refractivity contribution in [2.45, 2.75) is 19.5 Å². The van der Waals surface area contributed by atoms with E-state index in [2.05, 4.69) is 0 Å². The predicted octanol–water partition coefficient (Wildman–Crippen LogP) is 4.29. The standard InChI is InChI=1S/C15H12F3NO/c1-10-2-5-12(6-3-10)20-13-7-4-11(9-19)14(8-13)15(16,17)18/h2-3,5-8,11H,4H2,1H3. The normalized spacial score (nSPS) is 18.9. The summed E-state index contributed by atoms with van der Waals surface area (Å²) in [6.45, 7) is 1.91. The van der Waals surface area contributed by atoms with Gasteiger partial charge in [0.2, 0.25) is 0 Å². The van der Waals surface area contributed by atoms with Crippen LogP contribution in [0.4, 0.5) is 13.2 Å². The molecule has 2 nitrogen and oxygen atoms in total. The summed E-state index contributed by atoms with van der Waals surface area (Å²) >= 11 is 0. The number of aryl methyl sites for hydroxylation is 1. The average molecular weight is 279 g/mol. The molecule has 104 valence electrons. The van der Waals surface area contributed by atoms with Crippen molar-refractivity contribution in [3.63, 3.8) is 0 Å². The largest absolute Gasteiger partial charge is 0.458 e. The number of benzene rings is 1. The highest BCUT2D eigenvalue weighted by Gasteiger charge is 2.40. The smallest absolute Gasteiger partial charge is 0.414 e. The number of halogens is 3. The third-order valence-electron chi connectivity index (χ3n) is 2.97. The molecular weight excluding hydrogens is 267 g/mol. The molecule has 0 heterocycles. The molecular formula is C15H12F3NO. The Hall–Kier alpha value is -2.22. The van der Waals surface area contributed by atoms with Crippen LogP contribution in [0.2, 0.25) is 0 Å². The summed E-state index contributed by atoms with van der Waals surface area (Å²) in [4.78, 5) is 0. The first kappa shape index (κ1) is 14.2. The van der Waals surface area contributed by atoms with Gasteiger partial charge in [0.25, 0.3) is 0 Å². The summed E-state index contributed by atoms with van der Waals surface area (Å²) in [5.41, 5.74) is 0.177. The maximum Gasteiger partial charge on any atom is 0.414 e. The predicted molar refractivity (Wildman–Crippen MR) is 67.7 cm³/mol. The number of allylic oxidation sites excluding steroid dienone is 3. The van der Waals surface area contributed by atoms with Crippen LogP contribution in [0.3, 0.4) is 0 Å². The SMILES string of the molecule is Cc1ccc(OC2=CCC(C#N)C(C(F)(F)F)=C2)cc1. The van der Waals surface area contributed by atoms with E-state index in [-0.39, 0.29) is 12.2 Å². The Morgan fingerprint density at radius 3 is 2.45 bits per heavy atom. The molecule has 0 aromatic heterocycles. The van der Waals surface area contributed by atoms with E-state index in [1.807, 2.05) is 19.1 Å². The Labute approximate surface area is 114 Å². The van der Waals surface area contributed by atoms with E-state index < -0.39 is 17.7 Å². The lowest BCUT2D eigenvalue weighted by molar-refractivity contribution is -0.0973. The highest BCUT2D eigenvalue weighted by Crippen LogP contribution is 2.37. The van der Waals surface area contributed by atoms with Crippen molar-refractivity contribution in [3.8, 4) is 11.8 Å². The lowest BCUT2D eigenvalue weighted by Crippen LogP contribution is -2.22. The van der Waals surface area contributed by atoms with E-state index in [0.717, 1.165) is 11.6 Å². The van der Waals surface area contributed by atoms with Gasteiger partial charge in [0.15, 0.2) is 0 Å². The molecule has 0 saturated heterocycles. The van der Waals surface area contributed by atoms with Crippen molar-refractivity contribution in [1.82, 2.24) is 0 Å². The lowest BCUT2D eigenvalue weighted by Gasteiger charge is -2.20. The Bertz CT molecular complexity index is 591. The Morgan fingerprint density at radius 2 is 1.90 bits per heavy atom. The molecule has 1 aliphatic rings. The molecule has 0 fully saturated rings. The summed E-state index contributed by atoms with van der Waals surface area (Å²) in [5, 5.41) is 8.77. The number of ether oxygens (including phenoxy) is 1. The molecule has 0 radical (unpaired) electrons. The molecule has 5 heteroatoms. The van der Waals surface area contributed by atoms with Gasteiger partial charge in [-0.2, -0.15) is 18.4 Å². The van der Waals surface area contributed by atoms with Gasteiger partial charge in [0, 0.05) is 0 Å². The second-order valence-electron chi connectivity index (χ2n) is 4.54. The molecule has 1 aliphatic carbocycles. The number of alkyl halides is 3. The van der Waals surface area contributed by atoms with Gasteiger partial charge in [0.1, 0.15) is 11.5 Å². The van der Waals surface area contributed by atoms with Gasteiger partial charge in [-0.25, -0.2) is 0 Å². The second kappa shape index (κ2) is 5.41. The van der Waals surface area contributed by atoms with Crippen LogP contribution in [0.5, 0.6) is 5.75 Å². The monoisotopic (exact) mass is 279 g/mol. The molecule has 1 aromatic rings. The van der Waals surface area contributed by atoms with Gasteiger partial charge >= 0.3 is 6.18 Å². The molecule has 2 rings (SSSR count). The van der Waals surface area contributed by atoms with E-state index in [1.165, 1.54) is 6.08 Å². The molecule has 0 N–H and O–H groups in total. The van der Waals surface area contributed by atoms with Crippen molar-refractivity contribution in [3.05, 3.63) is 53.3 Å². The fourth-order valence-electron chi connectivity index (χ4n) is 1.89. The molecule has 20 heavy (non-hydrogen) atoms. The van der Waals surface area contributed by atoms with Crippen LogP contribution in [0.1, 0.15) is 12.0 Å². The first-order chi connectivity index (χ1) is 9.40. The molecule has 0 amide bonds. The third-order valence-corrected chi connectivity index (χ3v) is 2.97. The van der Waals surface area contributed by atoms with E-state index in [1.54, 1.807) is 18.2 Å². The second-order valence-corrected chi connectivity index (χ2v) is 4.54. The zero-order chi connectivity index (χ0) is 14.8. The van der Waals surface area contributed by atoms with E-state index >= 15 is 0 Å². The first-order valence-electron chi connectivity index (χ1n) is 6.03. The van der Waals surface area contributed by atoms with Gasteiger partial charge in [-0.1, -0.05) is 17.7 Å². The van der Waals surface area contributed by atoms with Gasteiger partial charge in [-0.05, 0) is 37.6 Å². The Balaban J connectivity index is 2.22. The summed E-state index contributed by atoms with van der Waals surface area (Å²) in [6.07, 6.45) is -2.11. The van der Waals surface area contributed by atoms with E-state index in [4.69, 9.17) is 10.00 Å². The van der Waals surface area contributed by atoms with Crippen LogP contribution >= 0.6 is 0 Å². The van der Waals surface area contributed by atoms with E-state index in [0.29, 0.717) is 5.75 Å². The molecule has 0 bridgehead atoms. The fourth-order valence-corrected chi connectivity index (χ4v) is 1.89. The fraction of sp³-hybridized carbons (Fsp3) is 0.267. The minimum Gasteiger partial charge on any atom is -0.458 e. The highest BCUT2D eigenvalue weighted by atomic mass is 19.4. The topological polar surface area (TPSA) is 33.0 Å². The molecule has 1 unspecified atom stereocenters. The summed E-state index contributed by atoms with van der Waals surface area (Å²) < 4.78 is 43.9. The highest BCUT2D eigenvalue weighted by molar-refractivity contribution is 5.36. The van der Waals surface area contributed by atoms with Crippen molar-refractivity contribution in [1.29, 1.82) is 5.26 Å². The summed E-state index contributed by atoms with van der Waals surface area (Å²) in [7, 11) is 0. The van der Waals surface area contributed by atoms with E-state index in [9.17, 15) is 13.2 Å². The number of nitrogens with zero attached hydrogens (tertiary/aromatic N) is 1. The van der Waals surface area contributed by atoms with Crippen molar-refractivity contribution in [2.24, 2.45) is 5.92 Å². The maximum absolute atomic E-state index is 12.8. The molecule has 0 saturated carbocycles. The van der Waals surface area contributed by atoms with Crippen LogP contribution in [-0.2, 0) is 0 Å². The summed E-state index contributed by atoms with van der Waals surface area (Å²) in [5.74, 6) is -0.580. The molecule has 0 aliphatic heterocycles. The quantitative estimate of drug-likeness (QED) is 0.809. The maximum atomic E-state index is 12.8. The Kier molecular flexibility index (Phi) is 3.84. The van der Waals surface area contributed by atoms with Crippen molar-refractivity contribution < 1.29 is 17.9 Å². The zero-order valence-corrected chi connectivity index (χ0v) is 10.7. The Morgan fingerprint density at radius 1 is 1.25 bits per heavy atom. The van der Waals surface area contributed by atoms with Crippen LogP contribution in [0.15, 0.2) is 47.7 Å². The third kappa shape index (κ3) is 3.21. The molecule has 0 spiro atoms. The minimum absolute atomic E-state index is 0.00301. The number of hydrogen-bond acceptors (Lipinski definition) is 2. The average Bonchev–Trinajstić information content (AvgIpc) is 2.40. The lowest BCUT2D eigenvalue weighted by atomic mass is 9.91. The van der Waals surface area contributed by atoms with Crippen molar-refractivity contribution >= 4 is 0 Å². The number of rotatable bonds is 2. The van der Waals surface area contributed by atoms with Gasteiger partial charge in [-0.15, -0.1) is 0 Å². The summed E-state index contributed by atoms with van der Waals surface area (Å²) in [6, 6.07) is 8.66.